The predicted octanol–water partition coefficient (Wildman–Crippen LogP) is 2.27. The zero-order valence-corrected chi connectivity index (χ0v) is 17.7. The maximum atomic E-state index is 12.6. The lowest BCUT2D eigenvalue weighted by Gasteiger charge is -2.19. The lowest BCUT2D eigenvalue weighted by Crippen LogP contribution is -2.36. The first-order valence-electron chi connectivity index (χ1n) is 10.5. The van der Waals surface area contributed by atoms with Gasteiger partial charge in [0.1, 0.15) is 5.75 Å². The van der Waals surface area contributed by atoms with Crippen LogP contribution in [0.2, 0.25) is 0 Å². The van der Waals surface area contributed by atoms with Gasteiger partial charge in [0.05, 0.1) is 25.5 Å². The van der Waals surface area contributed by atoms with Crippen LogP contribution in [0.1, 0.15) is 38.0 Å². The molecule has 0 bridgehead atoms. The highest BCUT2D eigenvalue weighted by atomic mass is 16.5. The fraction of sp³-hybridized carbons (Fsp3) is 0.500. The molecule has 2 atom stereocenters. The monoisotopic (exact) mass is 426 g/mol. The Kier molecular flexibility index (Phi) is 6.01. The van der Waals surface area contributed by atoms with E-state index in [0.29, 0.717) is 11.7 Å². The van der Waals surface area contributed by atoms with Gasteiger partial charge < -0.3 is 14.2 Å². The van der Waals surface area contributed by atoms with Crippen LogP contribution in [0.25, 0.3) is 11.4 Å². The highest BCUT2D eigenvalue weighted by molar-refractivity contribution is 6.05. The Balaban J connectivity index is 1.31. The third-order valence-corrected chi connectivity index (χ3v) is 6.10. The lowest BCUT2D eigenvalue weighted by molar-refractivity contribution is -0.140. The SMILES string of the molecule is COc1ccc(-c2noc(CN(C)C(=O)CCN3C(=O)[C@H]4CCCC[C@@H]4C3=O)n2)cc1. The van der Waals surface area contributed by atoms with Crippen molar-refractivity contribution in [2.75, 3.05) is 20.7 Å². The first-order chi connectivity index (χ1) is 15.0. The van der Waals surface area contributed by atoms with Crippen molar-refractivity contribution in [1.29, 1.82) is 0 Å². The summed E-state index contributed by atoms with van der Waals surface area (Å²) in [5, 5.41) is 3.96. The Hall–Kier alpha value is -3.23. The van der Waals surface area contributed by atoms with Gasteiger partial charge in [0.25, 0.3) is 0 Å². The molecule has 1 aromatic carbocycles. The smallest absolute Gasteiger partial charge is 0.246 e. The summed E-state index contributed by atoms with van der Waals surface area (Å²) in [7, 11) is 3.23. The van der Waals surface area contributed by atoms with Crippen molar-refractivity contribution in [2.45, 2.75) is 38.6 Å². The van der Waals surface area contributed by atoms with Gasteiger partial charge in [0, 0.05) is 25.6 Å². The van der Waals surface area contributed by atoms with Crippen molar-refractivity contribution in [1.82, 2.24) is 19.9 Å². The molecule has 1 aromatic heterocycles. The molecular formula is C22H26N4O5. The second-order valence-electron chi connectivity index (χ2n) is 8.07. The van der Waals surface area contributed by atoms with Gasteiger partial charge in [0.2, 0.25) is 29.4 Å². The lowest BCUT2D eigenvalue weighted by atomic mass is 9.81. The van der Waals surface area contributed by atoms with Crippen LogP contribution in [-0.4, -0.2) is 58.4 Å². The minimum Gasteiger partial charge on any atom is -0.497 e. The van der Waals surface area contributed by atoms with Gasteiger partial charge in [-0.3, -0.25) is 19.3 Å². The Morgan fingerprint density at radius 2 is 1.81 bits per heavy atom. The van der Waals surface area contributed by atoms with Crippen LogP contribution in [-0.2, 0) is 20.9 Å². The van der Waals surface area contributed by atoms with Crippen LogP contribution in [0.5, 0.6) is 5.75 Å². The molecule has 0 unspecified atom stereocenters. The molecule has 4 rings (SSSR count). The van der Waals surface area contributed by atoms with Crippen molar-refractivity contribution in [3.63, 3.8) is 0 Å². The Morgan fingerprint density at radius 1 is 1.16 bits per heavy atom. The third kappa shape index (κ3) is 4.30. The Morgan fingerprint density at radius 3 is 2.42 bits per heavy atom. The van der Waals surface area contributed by atoms with E-state index in [1.807, 2.05) is 12.1 Å². The summed E-state index contributed by atoms with van der Waals surface area (Å²) in [5.74, 6) is 0.646. The average molecular weight is 426 g/mol. The molecule has 0 spiro atoms. The van der Waals surface area contributed by atoms with E-state index in [2.05, 4.69) is 10.1 Å². The molecule has 1 saturated heterocycles. The molecule has 2 aliphatic rings. The number of benzene rings is 1. The maximum absolute atomic E-state index is 12.6. The maximum Gasteiger partial charge on any atom is 0.246 e. The molecule has 1 saturated carbocycles. The second kappa shape index (κ2) is 8.87. The summed E-state index contributed by atoms with van der Waals surface area (Å²) in [6, 6.07) is 7.25. The molecule has 2 fully saturated rings. The van der Waals surface area contributed by atoms with E-state index in [-0.39, 0.29) is 49.1 Å². The molecule has 0 N–H and O–H groups in total. The van der Waals surface area contributed by atoms with E-state index in [0.717, 1.165) is 37.0 Å². The molecule has 164 valence electrons. The molecule has 2 heterocycles. The first-order valence-corrected chi connectivity index (χ1v) is 10.5. The standard InChI is InChI=1S/C22H26N4O5/c1-25(13-18-23-20(24-31-18)14-7-9-15(30-2)10-8-14)19(27)11-12-26-21(28)16-5-3-4-6-17(16)22(26)29/h7-10,16-17H,3-6,11-13H2,1-2H3/t16-,17-/m0/s1. The number of fused-ring (bicyclic) bond motifs is 1. The highest BCUT2D eigenvalue weighted by Crippen LogP contribution is 2.38. The first kappa shape index (κ1) is 21.0. The second-order valence-corrected chi connectivity index (χ2v) is 8.07. The molecule has 31 heavy (non-hydrogen) atoms. The zero-order valence-electron chi connectivity index (χ0n) is 17.7. The fourth-order valence-electron chi connectivity index (χ4n) is 4.32. The van der Waals surface area contributed by atoms with Crippen LogP contribution < -0.4 is 4.74 Å². The van der Waals surface area contributed by atoms with Crippen LogP contribution in [0.15, 0.2) is 28.8 Å². The fourth-order valence-corrected chi connectivity index (χ4v) is 4.32. The Labute approximate surface area is 180 Å². The number of amides is 3. The van der Waals surface area contributed by atoms with Gasteiger partial charge in [0.15, 0.2) is 0 Å². The molecular weight excluding hydrogens is 400 g/mol. The van der Waals surface area contributed by atoms with E-state index in [9.17, 15) is 14.4 Å². The topological polar surface area (TPSA) is 106 Å². The number of aromatic nitrogens is 2. The van der Waals surface area contributed by atoms with Crippen LogP contribution in [0.3, 0.4) is 0 Å². The van der Waals surface area contributed by atoms with Crippen LogP contribution in [0, 0.1) is 11.8 Å². The number of ether oxygens (including phenoxy) is 1. The number of likely N-dealkylation sites (tertiary alicyclic amines) is 1. The molecule has 9 heteroatoms. The molecule has 9 nitrogen and oxygen atoms in total. The van der Waals surface area contributed by atoms with Crippen molar-refractivity contribution < 1.29 is 23.6 Å². The zero-order chi connectivity index (χ0) is 22.0. The van der Waals surface area contributed by atoms with E-state index in [1.54, 1.807) is 26.3 Å². The molecule has 2 aromatic rings. The van der Waals surface area contributed by atoms with Crippen molar-refractivity contribution in [3.8, 4) is 17.1 Å². The number of carbonyl (C=O) groups is 3. The third-order valence-electron chi connectivity index (χ3n) is 6.10. The van der Waals surface area contributed by atoms with Gasteiger partial charge in [-0.2, -0.15) is 4.98 Å². The predicted molar refractivity (Wildman–Crippen MR) is 110 cm³/mol. The van der Waals surface area contributed by atoms with Gasteiger partial charge in [-0.05, 0) is 37.1 Å². The number of rotatable bonds is 7. The van der Waals surface area contributed by atoms with E-state index in [1.165, 1.54) is 9.80 Å². The van der Waals surface area contributed by atoms with Crippen LogP contribution >= 0.6 is 0 Å². The molecule has 0 radical (unpaired) electrons. The van der Waals surface area contributed by atoms with Crippen LogP contribution in [0.4, 0.5) is 0 Å². The molecule has 1 aliphatic carbocycles. The van der Waals surface area contributed by atoms with E-state index in [4.69, 9.17) is 9.26 Å². The number of nitrogens with zero attached hydrogens (tertiary/aromatic N) is 4. The summed E-state index contributed by atoms with van der Waals surface area (Å²) in [5.41, 5.74) is 0.775. The number of imide groups is 1. The van der Waals surface area contributed by atoms with E-state index < -0.39 is 0 Å². The van der Waals surface area contributed by atoms with Gasteiger partial charge in [-0.1, -0.05) is 18.0 Å². The van der Waals surface area contributed by atoms with Crippen molar-refractivity contribution >= 4 is 17.7 Å². The average Bonchev–Trinajstić information content (AvgIpc) is 3.35. The largest absolute Gasteiger partial charge is 0.497 e. The quantitative estimate of drug-likeness (QED) is 0.625. The summed E-state index contributed by atoms with van der Waals surface area (Å²) < 4.78 is 10.4. The molecule has 1 aliphatic heterocycles. The number of methoxy groups -OCH3 is 1. The summed E-state index contributed by atoms with van der Waals surface area (Å²) >= 11 is 0. The number of carbonyl (C=O) groups excluding carboxylic acids is 3. The van der Waals surface area contributed by atoms with E-state index >= 15 is 0 Å². The number of hydrogen-bond acceptors (Lipinski definition) is 7. The summed E-state index contributed by atoms with van der Waals surface area (Å²) in [6.45, 7) is 0.268. The summed E-state index contributed by atoms with van der Waals surface area (Å²) in [4.78, 5) is 44.7. The van der Waals surface area contributed by atoms with Gasteiger partial charge in [-0.25, -0.2) is 0 Å². The Bertz CT molecular complexity index is 947. The molecule has 3 amide bonds. The van der Waals surface area contributed by atoms with Crippen molar-refractivity contribution in [3.05, 3.63) is 30.2 Å². The minimum atomic E-state index is -0.195. The highest BCUT2D eigenvalue weighted by Gasteiger charge is 2.47. The van der Waals surface area contributed by atoms with Gasteiger partial charge in [-0.15, -0.1) is 0 Å². The normalized spacial score (nSPS) is 20.6. The summed E-state index contributed by atoms with van der Waals surface area (Å²) in [6.07, 6.45) is 3.59. The number of hydrogen-bond donors (Lipinski definition) is 0. The van der Waals surface area contributed by atoms with Crippen molar-refractivity contribution in [2.24, 2.45) is 11.8 Å². The minimum absolute atomic E-state index is 0.0763. The van der Waals surface area contributed by atoms with Gasteiger partial charge >= 0.3 is 0 Å².